The lowest BCUT2D eigenvalue weighted by Crippen LogP contribution is -2.62. The van der Waals surface area contributed by atoms with Crippen molar-refractivity contribution in [2.24, 2.45) is 0 Å². The highest BCUT2D eigenvalue weighted by Gasteiger charge is 2.44. The molecule has 8 heteroatoms. The Morgan fingerprint density at radius 2 is 2.30 bits per heavy atom. The highest BCUT2D eigenvalue weighted by Crippen LogP contribution is 2.39. The summed E-state index contributed by atoms with van der Waals surface area (Å²) in [6.07, 6.45) is -0.0796. The first-order chi connectivity index (χ1) is 9.40. The number of methoxy groups -OCH3 is 1. The second-order valence-electron chi connectivity index (χ2n) is 4.65. The number of nitrogens with zero attached hydrogens (tertiary/aromatic N) is 3. The summed E-state index contributed by atoms with van der Waals surface area (Å²) in [4.78, 5) is 11.6. The minimum atomic E-state index is -1.21. The molecule has 7 nitrogen and oxygen atoms in total. The van der Waals surface area contributed by atoms with Crippen molar-refractivity contribution in [1.82, 2.24) is 0 Å². The molecule has 106 valence electrons. The molecule has 20 heavy (non-hydrogen) atoms. The molecule has 2 rings (SSSR count). The van der Waals surface area contributed by atoms with Crippen molar-refractivity contribution in [2.75, 3.05) is 25.1 Å². The molecule has 1 aromatic carbocycles. The molecule has 0 radical (unpaired) electrons. The Bertz CT molecular complexity index is 593. The lowest BCUT2D eigenvalue weighted by Gasteiger charge is -2.46. The second kappa shape index (κ2) is 4.94. The number of benzene rings is 1. The van der Waals surface area contributed by atoms with Crippen LogP contribution in [0.5, 0.6) is 5.75 Å². The summed E-state index contributed by atoms with van der Waals surface area (Å²) in [6, 6.07) is 4.12. The maximum absolute atomic E-state index is 13.7. The van der Waals surface area contributed by atoms with Gasteiger partial charge in [-0.05, 0) is 0 Å². The number of nitriles is 1. The van der Waals surface area contributed by atoms with Crippen molar-refractivity contribution >= 4 is 11.4 Å². The average molecular weight is 281 g/mol. The van der Waals surface area contributed by atoms with Crippen LogP contribution in [0.3, 0.4) is 0 Å². The number of hydrogen-bond acceptors (Lipinski definition) is 6. The van der Waals surface area contributed by atoms with E-state index in [4.69, 9.17) is 10.00 Å². The topological polar surface area (TPSA) is 99.6 Å². The van der Waals surface area contributed by atoms with Gasteiger partial charge in [-0.2, -0.15) is 9.65 Å². The summed E-state index contributed by atoms with van der Waals surface area (Å²) in [7, 11) is 1.33. The summed E-state index contributed by atoms with van der Waals surface area (Å²) in [5, 5.41) is 29.4. The fraction of sp³-hybridized carbons (Fsp3) is 0.417. The molecule has 0 aliphatic carbocycles. The van der Waals surface area contributed by atoms with Gasteiger partial charge in [-0.1, -0.05) is 0 Å². The molecule has 1 N–H and O–H groups in total. The predicted molar refractivity (Wildman–Crippen MR) is 67.0 cm³/mol. The third-order valence-electron chi connectivity index (χ3n) is 3.15. The van der Waals surface area contributed by atoms with Gasteiger partial charge in [0.15, 0.2) is 0 Å². The summed E-state index contributed by atoms with van der Waals surface area (Å²) in [5.74, 6) is -0.848. The number of halogens is 1. The van der Waals surface area contributed by atoms with Crippen LogP contribution in [0.25, 0.3) is 0 Å². The van der Waals surface area contributed by atoms with Gasteiger partial charge in [0.05, 0.1) is 24.5 Å². The van der Waals surface area contributed by atoms with Crippen molar-refractivity contribution < 1.29 is 19.2 Å². The van der Waals surface area contributed by atoms with Gasteiger partial charge in [-0.25, -0.2) is 0 Å². The maximum atomic E-state index is 13.7. The molecule has 0 aromatic heterocycles. The Morgan fingerprint density at radius 1 is 1.65 bits per heavy atom. The molecular formula is C12H12FN3O4. The fourth-order valence-corrected chi connectivity index (χ4v) is 2.19. The Morgan fingerprint density at radius 3 is 2.80 bits per heavy atom. The van der Waals surface area contributed by atoms with E-state index in [-0.39, 0.29) is 30.9 Å². The summed E-state index contributed by atoms with van der Waals surface area (Å²) in [5.41, 5.74) is -1.83. The molecule has 1 heterocycles. The predicted octanol–water partition coefficient (Wildman–Crippen LogP) is 1.21. The smallest absolute Gasteiger partial charge is 0.328 e. The Kier molecular flexibility index (Phi) is 3.46. The van der Waals surface area contributed by atoms with Crippen LogP contribution < -0.4 is 9.64 Å². The van der Waals surface area contributed by atoms with Gasteiger partial charge >= 0.3 is 5.69 Å². The van der Waals surface area contributed by atoms with Gasteiger partial charge in [0, 0.05) is 25.2 Å². The van der Waals surface area contributed by atoms with Crippen LogP contribution in [0, 0.1) is 27.3 Å². The molecule has 0 atom stereocenters. The number of rotatable bonds is 4. The lowest BCUT2D eigenvalue weighted by molar-refractivity contribution is -0.386. The number of ether oxygens (including phenoxy) is 1. The van der Waals surface area contributed by atoms with Gasteiger partial charge < -0.3 is 14.7 Å². The van der Waals surface area contributed by atoms with E-state index < -0.39 is 22.0 Å². The van der Waals surface area contributed by atoms with Crippen LogP contribution in [0.1, 0.15) is 6.42 Å². The van der Waals surface area contributed by atoms with Crippen molar-refractivity contribution in [1.29, 1.82) is 5.26 Å². The van der Waals surface area contributed by atoms with E-state index in [0.717, 1.165) is 6.07 Å². The van der Waals surface area contributed by atoms with Crippen LogP contribution in [-0.2, 0) is 0 Å². The van der Waals surface area contributed by atoms with E-state index in [0.29, 0.717) is 0 Å². The third kappa shape index (κ3) is 2.35. The van der Waals surface area contributed by atoms with Crippen LogP contribution in [-0.4, -0.2) is 35.8 Å². The van der Waals surface area contributed by atoms with Crippen molar-refractivity contribution in [3.05, 3.63) is 28.1 Å². The first kappa shape index (κ1) is 14.0. The fourth-order valence-electron chi connectivity index (χ4n) is 2.19. The van der Waals surface area contributed by atoms with Gasteiger partial charge in [0.1, 0.15) is 17.0 Å². The van der Waals surface area contributed by atoms with Crippen molar-refractivity contribution in [3.63, 3.8) is 0 Å². The van der Waals surface area contributed by atoms with Crippen molar-refractivity contribution in [2.45, 2.75) is 12.0 Å². The van der Waals surface area contributed by atoms with E-state index in [1.54, 1.807) is 0 Å². The highest BCUT2D eigenvalue weighted by atomic mass is 19.1. The van der Waals surface area contributed by atoms with Gasteiger partial charge in [-0.3, -0.25) is 10.1 Å². The molecule has 1 fully saturated rings. The Balaban J connectivity index is 2.35. The minimum absolute atomic E-state index is 0.0357. The minimum Gasteiger partial charge on any atom is -0.497 e. The molecule has 0 spiro atoms. The average Bonchev–Trinajstić information content (AvgIpc) is 2.34. The summed E-state index contributed by atoms with van der Waals surface area (Å²) < 4.78 is 18.6. The number of nitro groups is 1. The first-order valence-corrected chi connectivity index (χ1v) is 5.76. The molecule has 0 bridgehead atoms. The molecule has 1 aliphatic heterocycles. The molecule has 0 saturated carbocycles. The molecule has 0 unspecified atom stereocenters. The number of anilines is 1. The standard InChI is InChI=1S/C12H12FN3O4/c1-20-8-4-9(13)11(16(18)19)10(5-8)15-6-12(17,7-15)2-3-14/h4-5,17H,2,6-7H2,1H3. The van der Waals surface area contributed by atoms with Crippen LogP contribution >= 0.6 is 0 Å². The third-order valence-corrected chi connectivity index (χ3v) is 3.15. The molecule has 1 aliphatic rings. The zero-order valence-corrected chi connectivity index (χ0v) is 10.7. The van der Waals surface area contributed by atoms with E-state index in [1.807, 2.05) is 6.07 Å². The summed E-state index contributed by atoms with van der Waals surface area (Å²) >= 11 is 0. The zero-order valence-electron chi connectivity index (χ0n) is 10.7. The van der Waals surface area contributed by atoms with Crippen molar-refractivity contribution in [3.8, 4) is 11.8 Å². The van der Waals surface area contributed by atoms with Gasteiger partial charge in [0.25, 0.3) is 0 Å². The Labute approximate surface area is 113 Å². The molecule has 1 saturated heterocycles. The molecular weight excluding hydrogens is 269 g/mol. The van der Waals surface area contributed by atoms with E-state index >= 15 is 0 Å². The van der Waals surface area contributed by atoms with Crippen LogP contribution in [0.4, 0.5) is 15.8 Å². The summed E-state index contributed by atoms with van der Waals surface area (Å²) in [6.45, 7) is 0.0714. The van der Waals surface area contributed by atoms with Crippen LogP contribution in [0.15, 0.2) is 12.1 Å². The van der Waals surface area contributed by atoms with E-state index in [1.165, 1.54) is 18.1 Å². The lowest BCUT2D eigenvalue weighted by atomic mass is 9.90. The van der Waals surface area contributed by atoms with Gasteiger partial charge in [0.2, 0.25) is 5.82 Å². The molecule has 1 aromatic rings. The maximum Gasteiger partial charge on any atom is 0.328 e. The van der Waals surface area contributed by atoms with Crippen LogP contribution in [0.2, 0.25) is 0 Å². The van der Waals surface area contributed by atoms with E-state index in [2.05, 4.69) is 0 Å². The van der Waals surface area contributed by atoms with Gasteiger partial charge in [-0.15, -0.1) is 0 Å². The number of β-amino-alcohol motifs (C(OH)–C–C–N with tert-alkyl or cyclic N) is 1. The van der Waals surface area contributed by atoms with E-state index in [9.17, 15) is 19.6 Å². The zero-order chi connectivity index (χ0) is 14.9. The SMILES string of the molecule is COc1cc(F)c([N+](=O)[O-])c(N2CC(O)(CC#N)C2)c1. The monoisotopic (exact) mass is 281 g/mol. The number of aliphatic hydroxyl groups is 1. The largest absolute Gasteiger partial charge is 0.497 e. The second-order valence-corrected chi connectivity index (χ2v) is 4.65. The number of nitro benzene ring substituents is 1. The Hall–Kier alpha value is -2.40. The quantitative estimate of drug-likeness (QED) is 0.657. The molecule has 0 amide bonds. The normalized spacial score (nSPS) is 16.2. The highest BCUT2D eigenvalue weighted by molar-refractivity contribution is 5.68. The first-order valence-electron chi connectivity index (χ1n) is 5.76. The number of hydrogen-bond donors (Lipinski definition) is 1.